The molecule has 0 heterocycles. The van der Waals surface area contributed by atoms with Crippen molar-refractivity contribution in [2.75, 3.05) is 0 Å². The second kappa shape index (κ2) is 4.06. The SMILES string of the molecule is CC1C(N)CCC1S(=O)(=O)C1CCCC1. The summed E-state index contributed by atoms with van der Waals surface area (Å²) in [6.07, 6.45) is 5.56. The summed E-state index contributed by atoms with van der Waals surface area (Å²) in [6.45, 7) is 1.99. The number of hydrogen-bond donors (Lipinski definition) is 1. The van der Waals surface area contributed by atoms with Crippen molar-refractivity contribution in [2.24, 2.45) is 11.7 Å². The Bertz CT molecular complexity index is 319. The molecule has 0 bridgehead atoms. The zero-order valence-corrected chi connectivity index (χ0v) is 10.2. The van der Waals surface area contributed by atoms with Crippen LogP contribution in [0.25, 0.3) is 0 Å². The summed E-state index contributed by atoms with van der Waals surface area (Å²) in [5.74, 6) is 0.149. The van der Waals surface area contributed by atoms with Crippen LogP contribution in [0.4, 0.5) is 0 Å². The van der Waals surface area contributed by atoms with E-state index in [0.717, 1.165) is 38.5 Å². The molecule has 4 heteroatoms. The Morgan fingerprint density at radius 1 is 1.07 bits per heavy atom. The van der Waals surface area contributed by atoms with Gasteiger partial charge >= 0.3 is 0 Å². The summed E-state index contributed by atoms with van der Waals surface area (Å²) < 4.78 is 24.7. The Balaban J connectivity index is 2.15. The predicted molar refractivity (Wildman–Crippen MR) is 61.3 cm³/mol. The first kappa shape index (κ1) is 11.4. The van der Waals surface area contributed by atoms with Crippen LogP contribution in [0.2, 0.25) is 0 Å². The Kier molecular flexibility index (Phi) is 3.08. The number of sulfone groups is 1. The van der Waals surface area contributed by atoms with Gasteiger partial charge in [-0.15, -0.1) is 0 Å². The number of hydrogen-bond acceptors (Lipinski definition) is 3. The fraction of sp³-hybridized carbons (Fsp3) is 1.00. The molecular formula is C11H21NO2S. The van der Waals surface area contributed by atoms with Gasteiger partial charge in [-0.05, 0) is 31.6 Å². The van der Waals surface area contributed by atoms with Crippen LogP contribution in [-0.4, -0.2) is 25.0 Å². The molecule has 0 radical (unpaired) electrons. The summed E-state index contributed by atoms with van der Waals surface area (Å²) in [5, 5.41) is -0.217. The molecule has 2 fully saturated rings. The minimum Gasteiger partial charge on any atom is -0.327 e. The molecule has 2 N–H and O–H groups in total. The van der Waals surface area contributed by atoms with E-state index in [-0.39, 0.29) is 22.5 Å². The summed E-state index contributed by atoms with van der Waals surface area (Å²) in [4.78, 5) is 0. The van der Waals surface area contributed by atoms with Gasteiger partial charge in [0.15, 0.2) is 9.84 Å². The van der Waals surface area contributed by atoms with E-state index in [1.165, 1.54) is 0 Å². The third-order valence-corrected chi connectivity index (χ3v) is 7.14. The second-order valence-electron chi connectivity index (χ2n) is 5.13. The van der Waals surface area contributed by atoms with Crippen molar-refractivity contribution < 1.29 is 8.42 Å². The topological polar surface area (TPSA) is 60.2 Å². The summed E-state index contributed by atoms with van der Waals surface area (Å²) in [6, 6.07) is 0.0891. The van der Waals surface area contributed by atoms with Gasteiger partial charge in [0.05, 0.1) is 10.5 Å². The molecule has 2 aliphatic rings. The highest BCUT2D eigenvalue weighted by Gasteiger charge is 2.43. The van der Waals surface area contributed by atoms with Gasteiger partial charge in [-0.1, -0.05) is 19.8 Å². The third kappa shape index (κ3) is 1.94. The van der Waals surface area contributed by atoms with E-state index in [9.17, 15) is 8.42 Å². The molecule has 0 amide bonds. The van der Waals surface area contributed by atoms with Crippen LogP contribution in [0.3, 0.4) is 0 Å². The lowest BCUT2D eigenvalue weighted by Gasteiger charge is -2.22. The van der Waals surface area contributed by atoms with Gasteiger partial charge in [0, 0.05) is 6.04 Å². The second-order valence-corrected chi connectivity index (χ2v) is 7.58. The average molecular weight is 231 g/mol. The molecule has 3 unspecified atom stereocenters. The summed E-state index contributed by atoms with van der Waals surface area (Å²) in [7, 11) is -2.90. The molecule has 2 rings (SSSR count). The van der Waals surface area contributed by atoms with Gasteiger partial charge in [-0.3, -0.25) is 0 Å². The molecule has 88 valence electrons. The standard InChI is InChI=1S/C11H21NO2S/c1-8-10(12)6-7-11(8)15(13,14)9-4-2-3-5-9/h8-11H,2-7,12H2,1H3. The van der Waals surface area contributed by atoms with Gasteiger partial charge in [-0.25, -0.2) is 8.42 Å². The van der Waals surface area contributed by atoms with Crippen LogP contribution in [0.1, 0.15) is 45.4 Å². The largest absolute Gasteiger partial charge is 0.327 e. The van der Waals surface area contributed by atoms with Crippen molar-refractivity contribution in [3.05, 3.63) is 0 Å². The van der Waals surface area contributed by atoms with E-state index in [0.29, 0.717) is 0 Å². The first-order chi connectivity index (χ1) is 7.03. The van der Waals surface area contributed by atoms with E-state index in [4.69, 9.17) is 5.73 Å². The normalized spacial score (nSPS) is 38.7. The molecule has 0 aromatic heterocycles. The maximum atomic E-state index is 12.3. The lowest BCUT2D eigenvalue weighted by atomic mass is 10.1. The average Bonchev–Trinajstić information content (AvgIpc) is 2.78. The zero-order chi connectivity index (χ0) is 11.1. The van der Waals surface area contributed by atoms with Crippen molar-refractivity contribution in [2.45, 2.75) is 62.0 Å². The molecule has 15 heavy (non-hydrogen) atoms. The van der Waals surface area contributed by atoms with Crippen LogP contribution < -0.4 is 5.73 Å². The minimum absolute atomic E-state index is 0.0600. The molecule has 0 saturated heterocycles. The van der Waals surface area contributed by atoms with Crippen LogP contribution in [0.15, 0.2) is 0 Å². The Hall–Kier alpha value is -0.0900. The van der Waals surface area contributed by atoms with E-state index in [1.54, 1.807) is 0 Å². The van der Waals surface area contributed by atoms with Crippen LogP contribution in [0, 0.1) is 5.92 Å². The van der Waals surface area contributed by atoms with Crippen molar-refractivity contribution in [3.63, 3.8) is 0 Å². The van der Waals surface area contributed by atoms with E-state index < -0.39 is 9.84 Å². The molecule has 3 nitrogen and oxygen atoms in total. The van der Waals surface area contributed by atoms with Crippen LogP contribution >= 0.6 is 0 Å². The lowest BCUT2D eigenvalue weighted by molar-refractivity contribution is 0.500. The van der Waals surface area contributed by atoms with Gasteiger partial charge in [0.2, 0.25) is 0 Å². The lowest BCUT2D eigenvalue weighted by Crippen LogP contribution is -2.36. The first-order valence-electron chi connectivity index (χ1n) is 6.02. The maximum Gasteiger partial charge on any atom is 0.156 e. The summed E-state index contributed by atoms with van der Waals surface area (Å²) >= 11 is 0. The van der Waals surface area contributed by atoms with Crippen molar-refractivity contribution in [3.8, 4) is 0 Å². The van der Waals surface area contributed by atoms with E-state index in [2.05, 4.69) is 0 Å². The highest BCUT2D eigenvalue weighted by molar-refractivity contribution is 7.92. The zero-order valence-electron chi connectivity index (χ0n) is 9.35. The molecule has 3 atom stereocenters. The Labute approximate surface area is 92.3 Å². The van der Waals surface area contributed by atoms with Gasteiger partial charge in [-0.2, -0.15) is 0 Å². The Morgan fingerprint density at radius 2 is 1.67 bits per heavy atom. The van der Waals surface area contributed by atoms with E-state index >= 15 is 0 Å². The Morgan fingerprint density at radius 3 is 2.13 bits per heavy atom. The van der Waals surface area contributed by atoms with Crippen molar-refractivity contribution in [1.29, 1.82) is 0 Å². The van der Waals surface area contributed by atoms with Gasteiger partial charge in [0.1, 0.15) is 0 Å². The van der Waals surface area contributed by atoms with Crippen LogP contribution in [0.5, 0.6) is 0 Å². The molecule has 0 aromatic carbocycles. The van der Waals surface area contributed by atoms with Gasteiger partial charge in [0.25, 0.3) is 0 Å². The number of nitrogens with two attached hydrogens (primary N) is 1. The third-order valence-electron chi connectivity index (χ3n) is 4.24. The smallest absolute Gasteiger partial charge is 0.156 e. The van der Waals surface area contributed by atoms with E-state index in [1.807, 2.05) is 6.92 Å². The summed E-state index contributed by atoms with van der Waals surface area (Å²) in [5.41, 5.74) is 5.90. The van der Waals surface area contributed by atoms with Crippen molar-refractivity contribution >= 4 is 9.84 Å². The van der Waals surface area contributed by atoms with Crippen molar-refractivity contribution in [1.82, 2.24) is 0 Å². The monoisotopic (exact) mass is 231 g/mol. The molecule has 0 spiro atoms. The molecule has 2 saturated carbocycles. The fourth-order valence-electron chi connectivity index (χ4n) is 3.09. The first-order valence-corrected chi connectivity index (χ1v) is 7.62. The molecule has 2 aliphatic carbocycles. The molecular weight excluding hydrogens is 210 g/mol. The highest BCUT2D eigenvalue weighted by Crippen LogP contribution is 2.36. The van der Waals surface area contributed by atoms with Gasteiger partial charge < -0.3 is 5.73 Å². The van der Waals surface area contributed by atoms with Crippen LogP contribution in [-0.2, 0) is 9.84 Å². The predicted octanol–water partition coefficient (Wildman–Crippen LogP) is 1.47. The maximum absolute atomic E-state index is 12.3. The highest BCUT2D eigenvalue weighted by atomic mass is 32.2. The number of rotatable bonds is 2. The molecule has 0 aromatic rings. The molecule has 0 aliphatic heterocycles. The quantitative estimate of drug-likeness (QED) is 0.783. The minimum atomic E-state index is -2.90. The fourth-order valence-corrected chi connectivity index (χ4v) is 5.84.